The van der Waals surface area contributed by atoms with Gasteiger partial charge in [-0.2, -0.15) is 0 Å². The first-order valence-electron chi connectivity index (χ1n) is 14.4. The number of carbonyl (C=O) groups excluding carboxylic acids is 1. The van der Waals surface area contributed by atoms with Crippen LogP contribution in [0, 0.1) is 0 Å². The van der Waals surface area contributed by atoms with Crippen LogP contribution in [0.4, 0.5) is 4.79 Å². The number of amides is 1. The Kier molecular flexibility index (Phi) is 9.50. The van der Waals surface area contributed by atoms with Crippen molar-refractivity contribution in [2.75, 3.05) is 26.3 Å². The molecule has 0 aromatic heterocycles. The van der Waals surface area contributed by atoms with Gasteiger partial charge in [-0.15, -0.1) is 0 Å². The lowest BCUT2D eigenvalue weighted by Crippen LogP contribution is -2.35. The number of nitrogens with zero attached hydrogens (tertiary/aromatic N) is 1. The molecule has 2 aliphatic heterocycles. The fourth-order valence-corrected chi connectivity index (χ4v) is 5.90. The summed E-state index contributed by atoms with van der Waals surface area (Å²) in [5.41, 5.74) is 4.01. The van der Waals surface area contributed by atoms with E-state index < -0.39 is 16.6 Å². The normalized spacial score (nSPS) is 18.4. The minimum Gasteiger partial charge on any atom is -0.491 e. The molecule has 0 aliphatic carbocycles. The Morgan fingerprint density at radius 3 is 2.62 bits per heavy atom. The fraction of sp³-hybridized carbons (Fsp3) is 0.424. The Bertz CT molecular complexity index is 1410. The van der Waals surface area contributed by atoms with Gasteiger partial charge in [-0.1, -0.05) is 44.2 Å². The smallest absolute Gasteiger partial charge is 0.410 e. The van der Waals surface area contributed by atoms with Gasteiger partial charge in [-0.3, -0.25) is 4.21 Å². The topological polar surface area (TPSA) is 83.5 Å². The summed E-state index contributed by atoms with van der Waals surface area (Å²) >= 11 is 0. The van der Waals surface area contributed by atoms with Crippen LogP contribution in [-0.4, -0.2) is 52.5 Å². The highest BCUT2D eigenvalue weighted by molar-refractivity contribution is 7.85. The van der Waals surface area contributed by atoms with Gasteiger partial charge in [0.2, 0.25) is 5.79 Å². The van der Waals surface area contributed by atoms with Gasteiger partial charge in [0.1, 0.15) is 24.2 Å². The lowest BCUT2D eigenvalue weighted by Gasteiger charge is -2.32. The van der Waals surface area contributed by atoms with Crippen LogP contribution in [0.1, 0.15) is 56.1 Å². The van der Waals surface area contributed by atoms with Crippen LogP contribution < -0.4 is 9.47 Å². The standard InChI is InChI=1S/C33H39NO7S/c1-23(2)42(36)29-7-5-6-25(18-29)21-37-16-17-38-28-11-8-24(9-12-28)14-15-34-20-31(40-32(34)35)26-10-13-30-27(19-26)22-39-33(3,4)41-30/h5-13,18-19,23,31H,14-17,20-22H2,1-4H3. The van der Waals surface area contributed by atoms with Crippen molar-refractivity contribution in [3.05, 3.63) is 89.0 Å². The average molecular weight is 594 g/mol. The summed E-state index contributed by atoms with van der Waals surface area (Å²) in [6.45, 7) is 10.5. The average Bonchev–Trinajstić information content (AvgIpc) is 3.35. The molecule has 8 nitrogen and oxygen atoms in total. The number of benzene rings is 3. The minimum atomic E-state index is -1.01. The van der Waals surface area contributed by atoms with E-state index in [9.17, 15) is 9.00 Å². The molecule has 5 rings (SSSR count). The van der Waals surface area contributed by atoms with E-state index >= 15 is 0 Å². The zero-order chi connectivity index (χ0) is 29.7. The van der Waals surface area contributed by atoms with Crippen LogP contribution in [0.2, 0.25) is 0 Å². The molecule has 0 bridgehead atoms. The number of ether oxygens (including phenoxy) is 5. The zero-order valence-electron chi connectivity index (χ0n) is 24.7. The predicted octanol–water partition coefficient (Wildman–Crippen LogP) is 6.18. The highest BCUT2D eigenvalue weighted by Gasteiger charge is 2.33. The molecule has 0 spiro atoms. The summed E-state index contributed by atoms with van der Waals surface area (Å²) in [6, 6.07) is 21.5. The Labute approximate surface area is 250 Å². The number of carbonyl (C=O) groups is 1. The van der Waals surface area contributed by atoms with Crippen LogP contribution in [-0.2, 0) is 44.6 Å². The van der Waals surface area contributed by atoms with Crippen molar-refractivity contribution in [1.82, 2.24) is 4.90 Å². The monoisotopic (exact) mass is 593 g/mol. The molecule has 1 amide bonds. The van der Waals surface area contributed by atoms with Crippen molar-refractivity contribution in [2.45, 2.75) is 69.4 Å². The number of hydrogen-bond acceptors (Lipinski definition) is 7. The van der Waals surface area contributed by atoms with Crippen LogP contribution in [0.3, 0.4) is 0 Å². The quantitative estimate of drug-likeness (QED) is 0.232. The number of fused-ring (bicyclic) bond motifs is 1. The second-order valence-corrected chi connectivity index (χ2v) is 13.3. The Balaban J connectivity index is 1.03. The number of hydrogen-bond donors (Lipinski definition) is 0. The zero-order valence-corrected chi connectivity index (χ0v) is 25.5. The number of cyclic esters (lactones) is 1. The lowest BCUT2D eigenvalue weighted by molar-refractivity contribution is -0.180. The van der Waals surface area contributed by atoms with Crippen molar-refractivity contribution in [1.29, 1.82) is 0 Å². The molecule has 224 valence electrons. The van der Waals surface area contributed by atoms with Crippen molar-refractivity contribution < 1.29 is 32.7 Å². The van der Waals surface area contributed by atoms with Crippen molar-refractivity contribution in [3.63, 3.8) is 0 Å². The SMILES string of the molecule is CC(C)S(=O)c1cccc(COCCOc2ccc(CCN3CC(c4ccc5c(c4)COC(C)(C)O5)OC3=O)cc2)c1. The first kappa shape index (κ1) is 30.1. The minimum absolute atomic E-state index is 0.0793. The van der Waals surface area contributed by atoms with E-state index in [1.165, 1.54) is 0 Å². The highest BCUT2D eigenvalue weighted by Crippen LogP contribution is 2.35. The second-order valence-electron chi connectivity index (χ2n) is 11.3. The van der Waals surface area contributed by atoms with Crippen molar-refractivity contribution >= 4 is 16.9 Å². The molecular formula is C33H39NO7S. The molecular weight excluding hydrogens is 554 g/mol. The molecule has 3 aromatic rings. The van der Waals surface area contributed by atoms with Gasteiger partial charge in [-0.25, -0.2) is 4.79 Å². The van der Waals surface area contributed by atoms with E-state index in [2.05, 4.69) is 0 Å². The largest absolute Gasteiger partial charge is 0.491 e. The molecule has 42 heavy (non-hydrogen) atoms. The van der Waals surface area contributed by atoms with E-state index in [-0.39, 0.29) is 17.4 Å². The summed E-state index contributed by atoms with van der Waals surface area (Å²) in [4.78, 5) is 15.1. The van der Waals surface area contributed by atoms with Crippen molar-refractivity contribution in [2.24, 2.45) is 0 Å². The van der Waals surface area contributed by atoms with Crippen LogP contribution >= 0.6 is 0 Å². The highest BCUT2D eigenvalue weighted by atomic mass is 32.2. The summed E-state index contributed by atoms with van der Waals surface area (Å²) in [6.07, 6.45) is 0.0993. The Morgan fingerprint density at radius 2 is 1.83 bits per heavy atom. The van der Waals surface area contributed by atoms with Gasteiger partial charge in [0, 0.05) is 36.1 Å². The van der Waals surface area contributed by atoms with Gasteiger partial charge in [0.25, 0.3) is 0 Å². The molecule has 0 saturated carbocycles. The predicted molar refractivity (Wildman–Crippen MR) is 160 cm³/mol. The lowest BCUT2D eigenvalue weighted by atomic mass is 10.0. The molecule has 0 radical (unpaired) electrons. The summed E-state index contributed by atoms with van der Waals surface area (Å²) in [5, 5.41) is 0.0793. The third kappa shape index (κ3) is 7.70. The van der Waals surface area contributed by atoms with Crippen LogP contribution in [0.5, 0.6) is 11.5 Å². The maximum Gasteiger partial charge on any atom is 0.410 e. The number of rotatable bonds is 12. The summed E-state index contributed by atoms with van der Waals surface area (Å²) in [5.74, 6) is 0.926. The molecule has 3 aromatic carbocycles. The van der Waals surface area contributed by atoms with E-state index in [1.807, 2.05) is 94.4 Å². The molecule has 2 atom stereocenters. The van der Waals surface area contributed by atoms with Gasteiger partial charge in [-0.05, 0) is 59.5 Å². The van der Waals surface area contributed by atoms with Crippen molar-refractivity contribution in [3.8, 4) is 11.5 Å². The van der Waals surface area contributed by atoms with Crippen LogP contribution in [0.15, 0.2) is 71.6 Å². The second kappa shape index (κ2) is 13.3. The fourth-order valence-electron chi connectivity index (χ4n) is 4.88. The molecule has 2 aliphatic rings. The van der Waals surface area contributed by atoms with E-state index in [0.29, 0.717) is 45.9 Å². The van der Waals surface area contributed by atoms with E-state index in [4.69, 9.17) is 23.7 Å². The Hall–Kier alpha value is -3.40. The molecule has 2 heterocycles. The molecule has 0 N–H and O–H groups in total. The van der Waals surface area contributed by atoms with Gasteiger partial charge in [0.15, 0.2) is 0 Å². The van der Waals surface area contributed by atoms with Gasteiger partial charge >= 0.3 is 6.09 Å². The van der Waals surface area contributed by atoms with Gasteiger partial charge in [0.05, 0.1) is 37.2 Å². The maximum atomic E-state index is 12.6. The summed E-state index contributed by atoms with van der Waals surface area (Å²) < 4.78 is 41.2. The first-order valence-corrected chi connectivity index (χ1v) is 15.6. The molecule has 1 fully saturated rings. The van der Waals surface area contributed by atoms with E-state index in [1.54, 1.807) is 4.90 Å². The third-order valence-electron chi connectivity index (χ3n) is 7.19. The molecule has 1 saturated heterocycles. The van der Waals surface area contributed by atoms with E-state index in [0.717, 1.165) is 38.6 Å². The third-order valence-corrected chi connectivity index (χ3v) is 8.77. The first-order chi connectivity index (χ1) is 20.2. The Morgan fingerprint density at radius 1 is 1.02 bits per heavy atom. The van der Waals surface area contributed by atoms with Gasteiger partial charge < -0.3 is 28.6 Å². The summed E-state index contributed by atoms with van der Waals surface area (Å²) in [7, 11) is -1.01. The molecule has 9 heteroatoms. The molecule has 2 unspecified atom stereocenters. The van der Waals surface area contributed by atoms with Crippen LogP contribution in [0.25, 0.3) is 0 Å². The maximum absolute atomic E-state index is 12.6.